The van der Waals surface area contributed by atoms with Gasteiger partial charge in [0.2, 0.25) is 0 Å². The lowest BCUT2D eigenvalue weighted by atomic mass is 10.2. The van der Waals surface area contributed by atoms with E-state index in [4.69, 9.17) is 16.3 Å². The van der Waals surface area contributed by atoms with Gasteiger partial charge >= 0.3 is 0 Å². The lowest BCUT2D eigenvalue weighted by molar-refractivity contribution is 0.344. The maximum absolute atomic E-state index is 6.05. The molecule has 0 unspecified atom stereocenters. The van der Waals surface area contributed by atoms with E-state index in [9.17, 15) is 0 Å². The van der Waals surface area contributed by atoms with Gasteiger partial charge in [0.15, 0.2) is 11.0 Å². The number of hydrogen-bond donors (Lipinski definition) is 0. The molecule has 146 valence electrons. The second-order valence-corrected chi connectivity index (χ2v) is 7.99. The summed E-state index contributed by atoms with van der Waals surface area (Å²) in [4.78, 5) is 0. The molecule has 0 bridgehead atoms. The zero-order valence-electron chi connectivity index (χ0n) is 16.0. The third-order valence-electron chi connectivity index (χ3n) is 4.35. The average Bonchev–Trinajstić information content (AvgIpc) is 3.17. The Morgan fingerprint density at radius 1 is 0.897 bits per heavy atom. The van der Waals surface area contributed by atoms with Crippen LogP contribution in [0, 0.1) is 6.92 Å². The molecule has 0 saturated carbocycles. The van der Waals surface area contributed by atoms with E-state index < -0.39 is 0 Å². The van der Waals surface area contributed by atoms with Crippen molar-refractivity contribution in [3.63, 3.8) is 0 Å². The van der Waals surface area contributed by atoms with Crippen molar-refractivity contribution in [1.29, 1.82) is 0 Å². The molecule has 4 rings (SSSR count). The summed E-state index contributed by atoms with van der Waals surface area (Å²) in [7, 11) is 0. The Hall–Kier alpha value is -2.76. The van der Waals surface area contributed by atoms with Crippen LogP contribution >= 0.6 is 23.4 Å². The van der Waals surface area contributed by atoms with Crippen molar-refractivity contribution < 1.29 is 4.74 Å². The fourth-order valence-electron chi connectivity index (χ4n) is 2.89. The van der Waals surface area contributed by atoms with Crippen molar-refractivity contribution >= 4 is 23.4 Å². The Morgan fingerprint density at radius 3 is 2.34 bits per heavy atom. The molecule has 4 aromatic rings. The molecule has 0 N–H and O–H groups in total. The monoisotopic (exact) mass is 421 g/mol. The van der Waals surface area contributed by atoms with Gasteiger partial charge in [0.05, 0.1) is 6.61 Å². The highest BCUT2D eigenvalue weighted by atomic mass is 35.5. The Morgan fingerprint density at radius 2 is 1.62 bits per heavy atom. The number of benzene rings is 3. The van der Waals surface area contributed by atoms with Gasteiger partial charge < -0.3 is 4.74 Å². The van der Waals surface area contributed by atoms with E-state index in [1.807, 2.05) is 54.6 Å². The first-order valence-corrected chi connectivity index (χ1v) is 10.7. The molecular weight excluding hydrogens is 402 g/mol. The largest absolute Gasteiger partial charge is 0.493 e. The molecule has 0 spiro atoms. The van der Waals surface area contributed by atoms with Crippen LogP contribution < -0.4 is 4.74 Å². The van der Waals surface area contributed by atoms with Gasteiger partial charge in [-0.2, -0.15) is 0 Å². The van der Waals surface area contributed by atoms with Crippen LogP contribution in [-0.4, -0.2) is 27.1 Å². The molecule has 0 aliphatic carbocycles. The summed E-state index contributed by atoms with van der Waals surface area (Å²) in [5.41, 5.74) is 3.20. The molecular formula is C23H20ClN3OS. The third kappa shape index (κ3) is 4.81. The number of hydrogen-bond acceptors (Lipinski definition) is 4. The first kappa shape index (κ1) is 19.6. The van der Waals surface area contributed by atoms with Crippen LogP contribution in [-0.2, 0) is 0 Å². The molecule has 0 fully saturated rings. The van der Waals surface area contributed by atoms with E-state index >= 15 is 0 Å². The normalized spacial score (nSPS) is 10.8. The third-order valence-corrected chi connectivity index (χ3v) is 5.50. The Labute approximate surface area is 179 Å². The van der Waals surface area contributed by atoms with E-state index in [1.54, 1.807) is 11.8 Å². The van der Waals surface area contributed by atoms with Crippen LogP contribution in [0.25, 0.3) is 17.1 Å². The Balaban J connectivity index is 1.57. The van der Waals surface area contributed by atoms with E-state index in [1.165, 1.54) is 5.56 Å². The maximum atomic E-state index is 6.05. The predicted molar refractivity (Wildman–Crippen MR) is 119 cm³/mol. The smallest absolute Gasteiger partial charge is 0.196 e. The van der Waals surface area contributed by atoms with Crippen molar-refractivity contribution in [2.45, 2.75) is 12.1 Å². The fourth-order valence-corrected chi connectivity index (χ4v) is 3.78. The van der Waals surface area contributed by atoms with Gasteiger partial charge in [-0.3, -0.25) is 4.57 Å². The first-order valence-electron chi connectivity index (χ1n) is 9.30. The van der Waals surface area contributed by atoms with Gasteiger partial charge in [0, 0.05) is 22.0 Å². The van der Waals surface area contributed by atoms with Crippen molar-refractivity contribution in [2.24, 2.45) is 0 Å². The number of para-hydroxylation sites is 1. The number of thioether (sulfide) groups is 1. The number of aromatic nitrogens is 3. The molecule has 0 radical (unpaired) electrons. The van der Waals surface area contributed by atoms with E-state index in [0.29, 0.717) is 11.6 Å². The summed E-state index contributed by atoms with van der Waals surface area (Å²) in [5, 5.41) is 10.4. The lowest BCUT2D eigenvalue weighted by Crippen LogP contribution is -2.03. The quantitative estimate of drug-likeness (QED) is 0.268. The van der Waals surface area contributed by atoms with Crippen molar-refractivity contribution in [2.75, 3.05) is 12.4 Å². The summed E-state index contributed by atoms with van der Waals surface area (Å²) < 4.78 is 7.88. The molecule has 1 heterocycles. The fraction of sp³-hybridized carbons (Fsp3) is 0.130. The van der Waals surface area contributed by atoms with Gasteiger partial charge in [0.1, 0.15) is 5.75 Å². The van der Waals surface area contributed by atoms with Gasteiger partial charge in [-0.1, -0.05) is 59.3 Å². The van der Waals surface area contributed by atoms with Crippen LogP contribution in [0.1, 0.15) is 5.56 Å². The molecule has 0 aliphatic rings. The van der Waals surface area contributed by atoms with Crippen LogP contribution in [0.15, 0.2) is 84.0 Å². The molecule has 1 aromatic heterocycles. The molecule has 0 atom stereocenters. The molecule has 4 nitrogen and oxygen atoms in total. The number of aryl methyl sites for hydroxylation is 1. The van der Waals surface area contributed by atoms with Crippen LogP contribution in [0.4, 0.5) is 0 Å². The number of rotatable bonds is 7. The SMILES string of the molecule is Cc1ccc(-n2c(SCCOc3ccccc3)nnc2-c2ccc(Cl)cc2)cc1. The molecule has 3 aromatic carbocycles. The van der Waals surface area contributed by atoms with Gasteiger partial charge in [-0.25, -0.2) is 0 Å². The van der Waals surface area contributed by atoms with Gasteiger partial charge in [0.25, 0.3) is 0 Å². The lowest BCUT2D eigenvalue weighted by Gasteiger charge is -2.11. The molecule has 0 amide bonds. The minimum absolute atomic E-state index is 0.589. The molecule has 6 heteroatoms. The zero-order chi connectivity index (χ0) is 20.1. The van der Waals surface area contributed by atoms with Crippen LogP contribution in [0.5, 0.6) is 5.75 Å². The Kier molecular flexibility index (Phi) is 6.17. The first-order chi connectivity index (χ1) is 14.2. The van der Waals surface area contributed by atoms with Gasteiger partial charge in [-0.05, 0) is 55.5 Å². The van der Waals surface area contributed by atoms with E-state index in [-0.39, 0.29) is 0 Å². The van der Waals surface area contributed by atoms with Crippen molar-refractivity contribution in [3.05, 3.63) is 89.4 Å². The Bertz CT molecular complexity index is 1060. The van der Waals surface area contributed by atoms with Crippen LogP contribution in [0.2, 0.25) is 5.02 Å². The summed E-state index contributed by atoms with van der Waals surface area (Å²) in [5.74, 6) is 2.42. The maximum Gasteiger partial charge on any atom is 0.196 e. The van der Waals surface area contributed by atoms with E-state index in [0.717, 1.165) is 33.7 Å². The minimum atomic E-state index is 0.589. The van der Waals surface area contributed by atoms with Gasteiger partial charge in [-0.15, -0.1) is 10.2 Å². The number of halogens is 1. The van der Waals surface area contributed by atoms with Crippen LogP contribution in [0.3, 0.4) is 0 Å². The van der Waals surface area contributed by atoms with Crippen molar-refractivity contribution in [3.8, 4) is 22.8 Å². The molecule has 0 saturated heterocycles. The standard InChI is InChI=1S/C23H20ClN3OS/c1-17-7-13-20(14-8-17)27-22(18-9-11-19(24)12-10-18)25-26-23(27)29-16-15-28-21-5-3-2-4-6-21/h2-14H,15-16H2,1H3. The van der Waals surface area contributed by atoms with Crippen molar-refractivity contribution in [1.82, 2.24) is 14.8 Å². The second-order valence-electron chi connectivity index (χ2n) is 6.49. The minimum Gasteiger partial charge on any atom is -0.493 e. The number of ether oxygens (including phenoxy) is 1. The summed E-state index contributed by atoms with van der Waals surface area (Å²) in [6.07, 6.45) is 0. The zero-order valence-corrected chi connectivity index (χ0v) is 17.5. The predicted octanol–water partition coefficient (Wildman–Crippen LogP) is 6.07. The summed E-state index contributed by atoms with van der Waals surface area (Å²) in [6, 6.07) is 25.8. The topological polar surface area (TPSA) is 39.9 Å². The summed E-state index contributed by atoms with van der Waals surface area (Å²) >= 11 is 7.67. The average molecular weight is 422 g/mol. The summed E-state index contributed by atoms with van der Waals surface area (Å²) in [6.45, 7) is 2.67. The second kappa shape index (κ2) is 9.16. The highest BCUT2D eigenvalue weighted by Crippen LogP contribution is 2.29. The highest BCUT2D eigenvalue weighted by Gasteiger charge is 2.16. The highest BCUT2D eigenvalue weighted by molar-refractivity contribution is 7.99. The molecule has 29 heavy (non-hydrogen) atoms. The van der Waals surface area contributed by atoms with E-state index in [2.05, 4.69) is 46.0 Å². The number of nitrogens with zero attached hydrogens (tertiary/aromatic N) is 3. The molecule has 0 aliphatic heterocycles.